The van der Waals surface area contributed by atoms with Crippen molar-refractivity contribution in [3.63, 3.8) is 0 Å². The van der Waals surface area contributed by atoms with Crippen LogP contribution in [0.5, 0.6) is 5.75 Å². The molecular formula is C11H14BrClO2. The second-order valence-corrected chi connectivity index (χ2v) is 4.23. The number of alkyl halides is 1. The number of ether oxygens (including phenoxy) is 2. The molecule has 0 spiro atoms. The van der Waals surface area contributed by atoms with E-state index in [0.717, 1.165) is 28.1 Å². The molecular weight excluding hydrogens is 279 g/mol. The van der Waals surface area contributed by atoms with Crippen LogP contribution in [0.2, 0.25) is 5.02 Å². The van der Waals surface area contributed by atoms with E-state index in [-0.39, 0.29) is 0 Å². The topological polar surface area (TPSA) is 18.5 Å². The summed E-state index contributed by atoms with van der Waals surface area (Å²) >= 11 is 9.42. The Labute approximate surface area is 104 Å². The van der Waals surface area contributed by atoms with Crippen LogP contribution in [0.1, 0.15) is 5.56 Å². The van der Waals surface area contributed by atoms with Crippen LogP contribution < -0.4 is 4.74 Å². The van der Waals surface area contributed by atoms with Crippen LogP contribution in [0.15, 0.2) is 18.2 Å². The molecule has 1 rings (SSSR count). The second kappa shape index (κ2) is 7.09. The highest BCUT2D eigenvalue weighted by atomic mass is 79.9. The monoisotopic (exact) mass is 292 g/mol. The lowest BCUT2D eigenvalue weighted by molar-refractivity contribution is 0.146. The molecule has 2 nitrogen and oxygen atoms in total. The molecule has 0 amide bonds. The zero-order valence-corrected chi connectivity index (χ0v) is 11.0. The van der Waals surface area contributed by atoms with Gasteiger partial charge < -0.3 is 9.47 Å². The Morgan fingerprint density at radius 1 is 1.33 bits per heavy atom. The van der Waals surface area contributed by atoms with Crippen LogP contribution in [0.25, 0.3) is 0 Å². The number of halogens is 2. The quantitative estimate of drug-likeness (QED) is 0.592. The third-order valence-corrected chi connectivity index (χ3v) is 2.70. The summed E-state index contributed by atoms with van der Waals surface area (Å²) in [6, 6.07) is 5.71. The molecule has 0 fully saturated rings. The van der Waals surface area contributed by atoms with Crippen LogP contribution in [-0.4, -0.2) is 25.7 Å². The van der Waals surface area contributed by atoms with Gasteiger partial charge >= 0.3 is 0 Å². The van der Waals surface area contributed by atoms with E-state index in [9.17, 15) is 0 Å². The smallest absolute Gasteiger partial charge is 0.119 e. The minimum absolute atomic E-state index is 0.561. The van der Waals surface area contributed by atoms with Crippen LogP contribution >= 0.6 is 27.5 Å². The fourth-order valence-electron chi connectivity index (χ4n) is 1.18. The van der Waals surface area contributed by atoms with Crippen LogP contribution in [0.4, 0.5) is 0 Å². The first kappa shape index (κ1) is 12.8. The van der Waals surface area contributed by atoms with Crippen molar-refractivity contribution in [2.75, 3.05) is 25.7 Å². The molecule has 0 unspecified atom stereocenters. The molecule has 0 saturated heterocycles. The Morgan fingerprint density at radius 3 is 2.80 bits per heavy atom. The fraction of sp³-hybridized carbons (Fsp3) is 0.455. The molecule has 84 valence electrons. The molecule has 0 aliphatic carbocycles. The van der Waals surface area contributed by atoms with E-state index >= 15 is 0 Å². The van der Waals surface area contributed by atoms with E-state index in [2.05, 4.69) is 15.9 Å². The minimum Gasteiger partial charge on any atom is -0.491 e. The van der Waals surface area contributed by atoms with E-state index in [0.29, 0.717) is 13.2 Å². The summed E-state index contributed by atoms with van der Waals surface area (Å²) in [5.41, 5.74) is 1.10. The minimum atomic E-state index is 0.561. The Balaban J connectivity index is 2.61. The summed E-state index contributed by atoms with van der Waals surface area (Å²) in [5.74, 6) is 0.840. The standard InChI is InChI=1S/C11H14BrClO2/c1-14-6-7-15-10-2-3-11(13)9(8-10)4-5-12/h2-3,8H,4-7H2,1H3. The molecule has 0 aliphatic rings. The number of rotatable bonds is 6. The maximum atomic E-state index is 6.04. The Kier molecular flexibility index (Phi) is 6.06. The molecule has 0 aliphatic heterocycles. The van der Waals surface area contributed by atoms with Crippen molar-refractivity contribution < 1.29 is 9.47 Å². The van der Waals surface area contributed by atoms with E-state index < -0.39 is 0 Å². The van der Waals surface area contributed by atoms with Gasteiger partial charge in [0.25, 0.3) is 0 Å². The molecule has 0 N–H and O–H groups in total. The lowest BCUT2D eigenvalue weighted by Gasteiger charge is -2.08. The summed E-state index contributed by atoms with van der Waals surface area (Å²) in [6.07, 6.45) is 0.903. The first-order valence-electron chi connectivity index (χ1n) is 4.74. The van der Waals surface area contributed by atoms with Gasteiger partial charge in [0.2, 0.25) is 0 Å². The normalized spacial score (nSPS) is 10.3. The molecule has 0 aromatic heterocycles. The van der Waals surface area contributed by atoms with Gasteiger partial charge in [-0.25, -0.2) is 0 Å². The molecule has 1 aromatic rings. The predicted molar refractivity (Wildman–Crippen MR) is 66.3 cm³/mol. The molecule has 0 saturated carbocycles. The maximum Gasteiger partial charge on any atom is 0.119 e. The SMILES string of the molecule is COCCOc1ccc(Cl)c(CCBr)c1. The third-order valence-electron chi connectivity index (χ3n) is 1.94. The van der Waals surface area contributed by atoms with Gasteiger partial charge in [0.1, 0.15) is 12.4 Å². The molecule has 15 heavy (non-hydrogen) atoms. The average Bonchev–Trinajstić information content (AvgIpc) is 2.23. The molecule has 1 aromatic carbocycles. The first-order valence-corrected chi connectivity index (χ1v) is 6.24. The van der Waals surface area contributed by atoms with Gasteiger partial charge in [0.05, 0.1) is 6.61 Å². The largest absolute Gasteiger partial charge is 0.491 e. The van der Waals surface area contributed by atoms with Crippen molar-refractivity contribution >= 4 is 27.5 Å². The van der Waals surface area contributed by atoms with Crippen molar-refractivity contribution in [1.29, 1.82) is 0 Å². The Bertz CT molecular complexity index is 305. The molecule has 0 bridgehead atoms. The highest BCUT2D eigenvalue weighted by Gasteiger charge is 2.02. The molecule has 0 radical (unpaired) electrons. The maximum absolute atomic E-state index is 6.04. The number of hydrogen-bond acceptors (Lipinski definition) is 2. The lowest BCUT2D eigenvalue weighted by atomic mass is 10.1. The second-order valence-electron chi connectivity index (χ2n) is 3.03. The zero-order valence-electron chi connectivity index (χ0n) is 8.63. The Hall–Kier alpha value is -0.250. The number of hydrogen-bond donors (Lipinski definition) is 0. The van der Waals surface area contributed by atoms with Gasteiger partial charge in [-0.05, 0) is 30.2 Å². The highest BCUT2D eigenvalue weighted by molar-refractivity contribution is 9.09. The van der Waals surface area contributed by atoms with E-state index in [4.69, 9.17) is 21.1 Å². The highest BCUT2D eigenvalue weighted by Crippen LogP contribution is 2.22. The number of methoxy groups -OCH3 is 1. The van der Waals surface area contributed by atoms with Crippen molar-refractivity contribution in [3.8, 4) is 5.75 Å². The van der Waals surface area contributed by atoms with Crippen LogP contribution in [-0.2, 0) is 11.2 Å². The van der Waals surface area contributed by atoms with Gasteiger partial charge in [-0.3, -0.25) is 0 Å². The number of benzene rings is 1. The fourth-order valence-corrected chi connectivity index (χ4v) is 1.82. The van der Waals surface area contributed by atoms with Crippen LogP contribution in [0, 0.1) is 0 Å². The average molecular weight is 294 g/mol. The lowest BCUT2D eigenvalue weighted by Crippen LogP contribution is -2.04. The summed E-state index contributed by atoms with van der Waals surface area (Å²) in [4.78, 5) is 0. The Morgan fingerprint density at radius 2 is 2.13 bits per heavy atom. The zero-order chi connectivity index (χ0) is 11.1. The summed E-state index contributed by atoms with van der Waals surface area (Å²) < 4.78 is 10.4. The van der Waals surface area contributed by atoms with Crippen molar-refractivity contribution in [3.05, 3.63) is 28.8 Å². The van der Waals surface area contributed by atoms with E-state index in [1.54, 1.807) is 7.11 Å². The summed E-state index contributed by atoms with van der Waals surface area (Å²) in [7, 11) is 1.65. The van der Waals surface area contributed by atoms with Gasteiger partial charge in [0.15, 0.2) is 0 Å². The van der Waals surface area contributed by atoms with Crippen molar-refractivity contribution in [2.45, 2.75) is 6.42 Å². The van der Waals surface area contributed by atoms with Crippen LogP contribution in [0.3, 0.4) is 0 Å². The van der Waals surface area contributed by atoms with Crippen molar-refractivity contribution in [1.82, 2.24) is 0 Å². The summed E-state index contributed by atoms with van der Waals surface area (Å²) in [5, 5.41) is 1.68. The molecule has 0 atom stereocenters. The third kappa shape index (κ3) is 4.41. The first-order chi connectivity index (χ1) is 7.27. The number of aryl methyl sites for hydroxylation is 1. The van der Waals surface area contributed by atoms with E-state index in [1.807, 2.05) is 18.2 Å². The summed E-state index contributed by atoms with van der Waals surface area (Å²) in [6.45, 7) is 1.16. The molecule has 0 heterocycles. The molecule has 4 heteroatoms. The van der Waals surface area contributed by atoms with Gasteiger partial charge in [-0.2, -0.15) is 0 Å². The van der Waals surface area contributed by atoms with Gasteiger partial charge in [-0.1, -0.05) is 27.5 Å². The van der Waals surface area contributed by atoms with Gasteiger partial charge in [0, 0.05) is 17.5 Å². The van der Waals surface area contributed by atoms with Gasteiger partial charge in [-0.15, -0.1) is 0 Å². The predicted octanol–water partition coefficient (Wildman–Crippen LogP) is 3.30. The van der Waals surface area contributed by atoms with E-state index in [1.165, 1.54) is 0 Å². The van der Waals surface area contributed by atoms with Crippen molar-refractivity contribution in [2.24, 2.45) is 0 Å².